The summed E-state index contributed by atoms with van der Waals surface area (Å²) >= 11 is 0. The van der Waals surface area contributed by atoms with Crippen molar-refractivity contribution < 1.29 is 14.3 Å². The zero-order valence-electron chi connectivity index (χ0n) is 8.36. The number of ketones is 1. The molecular weight excluding hydrogens is 182 g/mol. The third-order valence-corrected chi connectivity index (χ3v) is 3.15. The van der Waals surface area contributed by atoms with Gasteiger partial charge in [0.1, 0.15) is 0 Å². The van der Waals surface area contributed by atoms with Crippen LogP contribution in [-0.2, 0) is 14.3 Å². The molecular formula is C10H15NO3. The number of hydrogen-bond acceptors (Lipinski definition) is 3. The molecule has 1 aliphatic carbocycles. The molecule has 0 spiro atoms. The second-order valence-corrected chi connectivity index (χ2v) is 4.06. The Balaban J connectivity index is 1.96. The molecule has 0 aromatic carbocycles. The van der Waals surface area contributed by atoms with E-state index in [-0.39, 0.29) is 30.3 Å². The topological polar surface area (TPSA) is 46.6 Å². The predicted molar refractivity (Wildman–Crippen MR) is 49.8 cm³/mol. The average Bonchev–Trinajstić information content (AvgIpc) is 2.71. The fraction of sp³-hybridized carbons (Fsp3) is 0.800. The Morgan fingerprint density at radius 2 is 2.14 bits per heavy atom. The Labute approximate surface area is 83.2 Å². The van der Waals surface area contributed by atoms with E-state index in [9.17, 15) is 9.59 Å². The quantitative estimate of drug-likeness (QED) is 0.600. The minimum Gasteiger partial charge on any atom is -0.381 e. The lowest BCUT2D eigenvalue weighted by atomic mass is 10.2. The van der Waals surface area contributed by atoms with E-state index in [0.29, 0.717) is 6.54 Å². The molecule has 1 saturated heterocycles. The molecule has 78 valence electrons. The maximum Gasteiger partial charge on any atom is 0.230 e. The van der Waals surface area contributed by atoms with E-state index in [1.165, 1.54) is 0 Å². The van der Waals surface area contributed by atoms with Crippen molar-refractivity contribution in [3.63, 3.8) is 0 Å². The van der Waals surface area contributed by atoms with Gasteiger partial charge in [-0.2, -0.15) is 0 Å². The van der Waals surface area contributed by atoms with Crippen LogP contribution < -0.4 is 0 Å². The van der Waals surface area contributed by atoms with E-state index < -0.39 is 0 Å². The fourth-order valence-corrected chi connectivity index (χ4v) is 2.35. The molecule has 4 nitrogen and oxygen atoms in total. The predicted octanol–water partition coefficient (Wildman–Crippen LogP) is 0.355. The first-order chi connectivity index (χ1) is 6.70. The second kappa shape index (κ2) is 3.69. The van der Waals surface area contributed by atoms with Gasteiger partial charge in [0.2, 0.25) is 5.91 Å². The molecule has 0 aromatic rings. The van der Waals surface area contributed by atoms with Crippen LogP contribution in [0.1, 0.15) is 25.7 Å². The minimum absolute atomic E-state index is 0.00301. The van der Waals surface area contributed by atoms with Crippen molar-refractivity contribution in [1.29, 1.82) is 0 Å². The van der Waals surface area contributed by atoms with E-state index in [2.05, 4.69) is 0 Å². The summed E-state index contributed by atoms with van der Waals surface area (Å²) in [6, 6.07) is 0.235. The maximum absolute atomic E-state index is 11.4. The molecule has 1 amide bonds. The van der Waals surface area contributed by atoms with E-state index in [1.807, 2.05) is 0 Å². The van der Waals surface area contributed by atoms with Crippen molar-refractivity contribution in [3.05, 3.63) is 0 Å². The normalized spacial score (nSPS) is 33.1. The summed E-state index contributed by atoms with van der Waals surface area (Å²) in [6.07, 6.45) is 3.23. The van der Waals surface area contributed by atoms with Crippen LogP contribution in [0.15, 0.2) is 0 Å². The standard InChI is InChI=1S/C10H15NO3/c1-14-9-3-2-7(4-9)11-6-8(12)5-10(11)13/h7,9H,2-6H2,1H3. The summed E-state index contributed by atoms with van der Waals surface area (Å²) in [5, 5.41) is 0. The summed E-state index contributed by atoms with van der Waals surface area (Å²) in [5.74, 6) is 0.0487. The smallest absolute Gasteiger partial charge is 0.230 e. The van der Waals surface area contributed by atoms with Crippen LogP contribution in [0.4, 0.5) is 0 Å². The first-order valence-electron chi connectivity index (χ1n) is 5.04. The Morgan fingerprint density at radius 3 is 2.64 bits per heavy atom. The van der Waals surface area contributed by atoms with Gasteiger partial charge in [-0.05, 0) is 19.3 Å². The van der Waals surface area contributed by atoms with E-state index >= 15 is 0 Å². The van der Waals surface area contributed by atoms with Crippen LogP contribution in [-0.4, -0.2) is 42.4 Å². The molecule has 0 N–H and O–H groups in total. The fourth-order valence-electron chi connectivity index (χ4n) is 2.35. The summed E-state index contributed by atoms with van der Waals surface area (Å²) in [5.41, 5.74) is 0. The summed E-state index contributed by atoms with van der Waals surface area (Å²) in [7, 11) is 1.70. The van der Waals surface area contributed by atoms with Gasteiger partial charge in [-0.25, -0.2) is 0 Å². The van der Waals surface area contributed by atoms with Crippen molar-refractivity contribution in [1.82, 2.24) is 4.90 Å². The van der Waals surface area contributed by atoms with Crippen molar-refractivity contribution in [2.45, 2.75) is 37.8 Å². The van der Waals surface area contributed by atoms with Gasteiger partial charge in [-0.15, -0.1) is 0 Å². The van der Waals surface area contributed by atoms with Gasteiger partial charge in [-0.3, -0.25) is 9.59 Å². The van der Waals surface area contributed by atoms with Gasteiger partial charge in [0, 0.05) is 13.2 Å². The number of carbonyl (C=O) groups is 2. The number of hydrogen-bond donors (Lipinski definition) is 0. The van der Waals surface area contributed by atoms with Crippen LogP contribution in [0.2, 0.25) is 0 Å². The number of methoxy groups -OCH3 is 1. The molecule has 1 aliphatic heterocycles. The number of likely N-dealkylation sites (tertiary alicyclic amines) is 1. The lowest BCUT2D eigenvalue weighted by Crippen LogP contribution is -2.35. The molecule has 2 fully saturated rings. The van der Waals surface area contributed by atoms with Gasteiger partial charge in [0.05, 0.1) is 19.1 Å². The molecule has 2 aliphatic rings. The second-order valence-electron chi connectivity index (χ2n) is 4.06. The zero-order chi connectivity index (χ0) is 10.1. The van der Waals surface area contributed by atoms with Crippen LogP contribution in [0.3, 0.4) is 0 Å². The number of ether oxygens (including phenoxy) is 1. The largest absolute Gasteiger partial charge is 0.381 e. The highest BCUT2D eigenvalue weighted by molar-refractivity contribution is 6.05. The summed E-state index contributed by atoms with van der Waals surface area (Å²) < 4.78 is 5.24. The first-order valence-corrected chi connectivity index (χ1v) is 5.04. The van der Waals surface area contributed by atoms with Gasteiger partial charge < -0.3 is 9.64 Å². The average molecular weight is 197 g/mol. The van der Waals surface area contributed by atoms with E-state index in [4.69, 9.17) is 4.74 Å². The molecule has 1 saturated carbocycles. The third kappa shape index (κ3) is 1.66. The van der Waals surface area contributed by atoms with Crippen LogP contribution in [0, 0.1) is 0 Å². The molecule has 4 heteroatoms. The molecule has 14 heavy (non-hydrogen) atoms. The highest BCUT2D eigenvalue weighted by atomic mass is 16.5. The molecule has 0 aromatic heterocycles. The van der Waals surface area contributed by atoms with Gasteiger partial charge in [0.15, 0.2) is 5.78 Å². The number of nitrogens with zero attached hydrogens (tertiary/aromatic N) is 1. The first kappa shape index (κ1) is 9.65. The molecule has 2 rings (SSSR count). The van der Waals surface area contributed by atoms with Gasteiger partial charge in [-0.1, -0.05) is 0 Å². The van der Waals surface area contributed by atoms with E-state index in [1.54, 1.807) is 12.0 Å². The Hall–Kier alpha value is -0.900. The van der Waals surface area contributed by atoms with Crippen LogP contribution in [0.25, 0.3) is 0 Å². The van der Waals surface area contributed by atoms with Crippen molar-refractivity contribution in [3.8, 4) is 0 Å². The number of amides is 1. The SMILES string of the molecule is COC1CCC(N2CC(=O)CC2=O)C1. The molecule has 0 radical (unpaired) electrons. The summed E-state index contributed by atoms with van der Waals surface area (Å²) in [4.78, 5) is 24.2. The highest BCUT2D eigenvalue weighted by Gasteiger charge is 2.37. The number of Topliss-reactive ketones (excluding diaryl/α,β-unsaturated/α-hetero) is 1. The number of carbonyl (C=O) groups excluding carboxylic acids is 2. The summed E-state index contributed by atoms with van der Waals surface area (Å²) in [6.45, 7) is 0.319. The Morgan fingerprint density at radius 1 is 1.36 bits per heavy atom. The molecule has 2 unspecified atom stereocenters. The lowest BCUT2D eigenvalue weighted by Gasteiger charge is -2.22. The molecule has 0 bridgehead atoms. The Kier molecular flexibility index (Phi) is 2.54. The van der Waals surface area contributed by atoms with Crippen molar-refractivity contribution in [2.24, 2.45) is 0 Å². The van der Waals surface area contributed by atoms with E-state index in [0.717, 1.165) is 19.3 Å². The van der Waals surface area contributed by atoms with Crippen LogP contribution in [0.5, 0.6) is 0 Å². The highest BCUT2D eigenvalue weighted by Crippen LogP contribution is 2.28. The lowest BCUT2D eigenvalue weighted by molar-refractivity contribution is -0.129. The van der Waals surface area contributed by atoms with Crippen molar-refractivity contribution >= 4 is 11.7 Å². The van der Waals surface area contributed by atoms with Gasteiger partial charge >= 0.3 is 0 Å². The third-order valence-electron chi connectivity index (χ3n) is 3.15. The zero-order valence-corrected chi connectivity index (χ0v) is 8.36. The number of rotatable bonds is 2. The van der Waals surface area contributed by atoms with Crippen LogP contribution >= 0.6 is 0 Å². The molecule has 2 atom stereocenters. The van der Waals surface area contributed by atoms with Gasteiger partial charge in [0.25, 0.3) is 0 Å². The maximum atomic E-state index is 11.4. The molecule has 1 heterocycles. The monoisotopic (exact) mass is 197 g/mol. The Bertz CT molecular complexity index is 264. The van der Waals surface area contributed by atoms with Crippen molar-refractivity contribution in [2.75, 3.05) is 13.7 Å². The minimum atomic E-state index is -0.00301.